The Morgan fingerprint density at radius 1 is 1.18 bits per heavy atom. The summed E-state index contributed by atoms with van der Waals surface area (Å²) in [6.07, 6.45) is 3.83. The third-order valence-corrected chi connectivity index (χ3v) is 4.28. The highest BCUT2D eigenvalue weighted by Crippen LogP contribution is 2.60. The molecule has 0 heterocycles. The molecule has 0 aromatic heterocycles. The van der Waals surface area contributed by atoms with Gasteiger partial charge in [0.05, 0.1) is 5.60 Å². The SMILES string of the molecule is CC1(C)CC2CCC2C1(C)O. The number of aliphatic hydroxyl groups is 1. The van der Waals surface area contributed by atoms with Crippen LogP contribution >= 0.6 is 0 Å². The van der Waals surface area contributed by atoms with Crippen LogP contribution in [0.25, 0.3) is 0 Å². The average Bonchev–Trinajstić information content (AvgIpc) is 1.87. The zero-order valence-electron chi connectivity index (χ0n) is 7.72. The van der Waals surface area contributed by atoms with Crippen LogP contribution in [0.2, 0.25) is 0 Å². The van der Waals surface area contributed by atoms with Crippen LogP contribution in [0, 0.1) is 17.3 Å². The molecule has 0 aromatic carbocycles. The van der Waals surface area contributed by atoms with E-state index in [1.54, 1.807) is 0 Å². The molecule has 2 rings (SSSR count). The van der Waals surface area contributed by atoms with Crippen molar-refractivity contribution in [2.45, 2.75) is 45.6 Å². The van der Waals surface area contributed by atoms with Gasteiger partial charge in [-0.15, -0.1) is 0 Å². The third-order valence-electron chi connectivity index (χ3n) is 4.28. The quantitative estimate of drug-likeness (QED) is 0.567. The fraction of sp³-hybridized carbons (Fsp3) is 1.00. The molecule has 11 heavy (non-hydrogen) atoms. The van der Waals surface area contributed by atoms with Gasteiger partial charge in [0.1, 0.15) is 0 Å². The first kappa shape index (κ1) is 7.60. The van der Waals surface area contributed by atoms with E-state index in [2.05, 4.69) is 13.8 Å². The normalized spacial score (nSPS) is 53.5. The maximum Gasteiger partial charge on any atom is 0.0701 e. The van der Waals surface area contributed by atoms with Gasteiger partial charge in [0.2, 0.25) is 0 Å². The van der Waals surface area contributed by atoms with E-state index >= 15 is 0 Å². The van der Waals surface area contributed by atoms with Crippen LogP contribution in [0.3, 0.4) is 0 Å². The monoisotopic (exact) mass is 154 g/mol. The fourth-order valence-corrected chi connectivity index (χ4v) is 2.92. The summed E-state index contributed by atoms with van der Waals surface area (Å²) in [6.45, 7) is 6.42. The highest BCUT2D eigenvalue weighted by Gasteiger charge is 2.58. The first-order valence-electron chi connectivity index (χ1n) is 4.67. The van der Waals surface area contributed by atoms with Crippen molar-refractivity contribution in [3.63, 3.8) is 0 Å². The molecule has 0 amide bonds. The van der Waals surface area contributed by atoms with Gasteiger partial charge in [0.25, 0.3) is 0 Å². The van der Waals surface area contributed by atoms with Gasteiger partial charge in [0.15, 0.2) is 0 Å². The minimum atomic E-state index is -0.393. The predicted molar refractivity (Wildman–Crippen MR) is 45.2 cm³/mol. The molecule has 1 heteroatoms. The van der Waals surface area contributed by atoms with Crippen molar-refractivity contribution in [3.05, 3.63) is 0 Å². The zero-order chi connectivity index (χ0) is 8.28. The smallest absolute Gasteiger partial charge is 0.0701 e. The van der Waals surface area contributed by atoms with Crippen LogP contribution in [0.4, 0.5) is 0 Å². The molecule has 0 aliphatic heterocycles. The highest BCUT2D eigenvalue weighted by atomic mass is 16.3. The van der Waals surface area contributed by atoms with E-state index < -0.39 is 5.60 Å². The molecule has 0 saturated heterocycles. The minimum Gasteiger partial charge on any atom is -0.389 e. The highest BCUT2D eigenvalue weighted by molar-refractivity contribution is 5.09. The largest absolute Gasteiger partial charge is 0.389 e. The molecule has 0 spiro atoms. The topological polar surface area (TPSA) is 20.2 Å². The fourth-order valence-electron chi connectivity index (χ4n) is 2.92. The van der Waals surface area contributed by atoms with E-state index in [1.165, 1.54) is 19.3 Å². The van der Waals surface area contributed by atoms with Gasteiger partial charge in [-0.05, 0) is 43.4 Å². The summed E-state index contributed by atoms with van der Waals surface area (Å²) in [6, 6.07) is 0. The van der Waals surface area contributed by atoms with E-state index in [0.29, 0.717) is 5.92 Å². The zero-order valence-corrected chi connectivity index (χ0v) is 7.72. The molecule has 2 fully saturated rings. The Balaban J connectivity index is 2.28. The Morgan fingerprint density at radius 2 is 1.82 bits per heavy atom. The lowest BCUT2D eigenvalue weighted by Gasteiger charge is -2.41. The van der Waals surface area contributed by atoms with Crippen LogP contribution < -0.4 is 0 Å². The van der Waals surface area contributed by atoms with Crippen molar-refractivity contribution < 1.29 is 5.11 Å². The van der Waals surface area contributed by atoms with Crippen LogP contribution in [0.5, 0.6) is 0 Å². The average molecular weight is 154 g/mol. The molecule has 0 aromatic rings. The number of fused-ring (bicyclic) bond motifs is 1. The van der Waals surface area contributed by atoms with Gasteiger partial charge in [-0.25, -0.2) is 0 Å². The first-order chi connectivity index (χ1) is 4.95. The summed E-state index contributed by atoms with van der Waals surface area (Å²) in [7, 11) is 0. The summed E-state index contributed by atoms with van der Waals surface area (Å²) in [5.74, 6) is 1.44. The van der Waals surface area contributed by atoms with Gasteiger partial charge >= 0.3 is 0 Å². The van der Waals surface area contributed by atoms with E-state index in [0.717, 1.165) is 5.92 Å². The molecule has 1 nitrogen and oxygen atoms in total. The minimum absolute atomic E-state index is 0.152. The Morgan fingerprint density at radius 3 is 2.00 bits per heavy atom. The lowest BCUT2D eigenvalue weighted by atomic mass is 9.69. The van der Waals surface area contributed by atoms with Gasteiger partial charge in [0, 0.05) is 0 Å². The second-order valence-electron chi connectivity index (χ2n) is 5.18. The standard InChI is InChI=1S/C10H18O/c1-9(2)6-7-4-5-8(7)10(9,3)11/h7-8,11H,4-6H2,1-3H3. The van der Waals surface area contributed by atoms with Crippen LogP contribution in [0.15, 0.2) is 0 Å². The molecule has 2 aliphatic carbocycles. The molecule has 1 N–H and O–H groups in total. The van der Waals surface area contributed by atoms with Crippen LogP contribution in [-0.4, -0.2) is 10.7 Å². The van der Waals surface area contributed by atoms with Crippen molar-refractivity contribution in [2.24, 2.45) is 17.3 Å². The van der Waals surface area contributed by atoms with E-state index in [4.69, 9.17) is 0 Å². The second-order valence-corrected chi connectivity index (χ2v) is 5.18. The third kappa shape index (κ3) is 0.752. The van der Waals surface area contributed by atoms with E-state index in [9.17, 15) is 5.11 Å². The lowest BCUT2D eigenvalue weighted by Crippen LogP contribution is -2.44. The molecule has 2 saturated carbocycles. The van der Waals surface area contributed by atoms with Crippen molar-refractivity contribution in [1.29, 1.82) is 0 Å². The summed E-state index contributed by atoms with van der Waals surface area (Å²) in [4.78, 5) is 0. The molecule has 2 aliphatic rings. The van der Waals surface area contributed by atoms with E-state index in [-0.39, 0.29) is 5.41 Å². The summed E-state index contributed by atoms with van der Waals surface area (Å²) in [5, 5.41) is 10.2. The number of hydrogen-bond acceptors (Lipinski definition) is 1. The van der Waals surface area contributed by atoms with Crippen molar-refractivity contribution >= 4 is 0 Å². The van der Waals surface area contributed by atoms with E-state index in [1.807, 2.05) is 6.92 Å². The van der Waals surface area contributed by atoms with Gasteiger partial charge in [-0.2, -0.15) is 0 Å². The summed E-state index contributed by atoms with van der Waals surface area (Å²) >= 11 is 0. The number of rotatable bonds is 0. The molecule has 64 valence electrons. The Kier molecular flexibility index (Phi) is 1.26. The van der Waals surface area contributed by atoms with Gasteiger partial charge < -0.3 is 5.11 Å². The summed E-state index contributed by atoms with van der Waals surface area (Å²) < 4.78 is 0. The Labute approximate surface area is 68.8 Å². The summed E-state index contributed by atoms with van der Waals surface area (Å²) in [5.41, 5.74) is -0.241. The molecule has 3 unspecified atom stereocenters. The van der Waals surface area contributed by atoms with Crippen LogP contribution in [0.1, 0.15) is 40.0 Å². The lowest BCUT2D eigenvalue weighted by molar-refractivity contribution is -0.0788. The van der Waals surface area contributed by atoms with Crippen LogP contribution in [-0.2, 0) is 0 Å². The Bertz CT molecular complexity index is 181. The second kappa shape index (κ2) is 1.82. The number of hydrogen-bond donors (Lipinski definition) is 1. The van der Waals surface area contributed by atoms with Gasteiger partial charge in [-0.3, -0.25) is 0 Å². The molecular formula is C10H18O. The molecular weight excluding hydrogens is 136 g/mol. The molecule has 0 bridgehead atoms. The maximum absolute atomic E-state index is 10.2. The van der Waals surface area contributed by atoms with Gasteiger partial charge in [-0.1, -0.05) is 13.8 Å². The molecule has 0 radical (unpaired) electrons. The first-order valence-corrected chi connectivity index (χ1v) is 4.67. The maximum atomic E-state index is 10.2. The van der Waals surface area contributed by atoms with Crippen molar-refractivity contribution in [3.8, 4) is 0 Å². The predicted octanol–water partition coefficient (Wildman–Crippen LogP) is 2.19. The Hall–Kier alpha value is -0.0400. The van der Waals surface area contributed by atoms with Crippen molar-refractivity contribution in [2.75, 3.05) is 0 Å². The van der Waals surface area contributed by atoms with Crippen molar-refractivity contribution in [1.82, 2.24) is 0 Å². The molecule has 3 atom stereocenters.